The summed E-state index contributed by atoms with van der Waals surface area (Å²) in [5.74, 6) is -0.711. The van der Waals surface area contributed by atoms with Crippen molar-refractivity contribution in [2.75, 3.05) is 31.1 Å². The van der Waals surface area contributed by atoms with E-state index in [9.17, 15) is 12.8 Å². The van der Waals surface area contributed by atoms with Crippen LogP contribution in [0.2, 0.25) is 0 Å². The van der Waals surface area contributed by atoms with Crippen molar-refractivity contribution in [2.45, 2.75) is 18.7 Å². The highest BCUT2D eigenvalue weighted by atomic mass is 32.2. The number of nitrogen functional groups attached to an aromatic ring is 1. The normalized spacial score (nSPS) is 12.0. The Balaban J connectivity index is 2.83. The number of rotatable bonds is 6. The molecule has 0 aliphatic carbocycles. The molecule has 0 unspecified atom stereocenters. The molecule has 2 N–H and O–H groups in total. The quantitative estimate of drug-likeness (QED) is 0.799. The molecule has 102 valence electrons. The number of anilines is 1. The van der Waals surface area contributed by atoms with Gasteiger partial charge >= 0.3 is 0 Å². The van der Waals surface area contributed by atoms with Crippen LogP contribution in [0, 0.1) is 5.82 Å². The Bertz CT molecular complexity index is 499. The van der Waals surface area contributed by atoms with Gasteiger partial charge in [0.25, 0.3) is 0 Å². The minimum absolute atomic E-state index is 0.0126. The molecule has 0 heterocycles. The van der Waals surface area contributed by atoms with Crippen molar-refractivity contribution in [1.29, 1.82) is 0 Å². The van der Waals surface area contributed by atoms with Gasteiger partial charge in [0.2, 0.25) is 0 Å². The van der Waals surface area contributed by atoms with Crippen molar-refractivity contribution in [3.8, 4) is 0 Å². The van der Waals surface area contributed by atoms with Gasteiger partial charge in [-0.3, -0.25) is 0 Å². The largest absolute Gasteiger partial charge is 0.396 e. The van der Waals surface area contributed by atoms with Gasteiger partial charge in [0.15, 0.2) is 9.84 Å². The summed E-state index contributed by atoms with van der Waals surface area (Å²) in [4.78, 5) is 1.99. The van der Waals surface area contributed by atoms with Crippen LogP contribution in [0.25, 0.3) is 0 Å². The highest BCUT2D eigenvalue weighted by Crippen LogP contribution is 2.17. The molecule has 0 radical (unpaired) electrons. The van der Waals surface area contributed by atoms with E-state index in [2.05, 4.69) is 0 Å². The maximum atomic E-state index is 13.2. The number of halogens is 1. The van der Waals surface area contributed by atoms with Crippen LogP contribution >= 0.6 is 0 Å². The number of benzene rings is 1. The fourth-order valence-corrected chi connectivity index (χ4v) is 2.90. The molecule has 0 fully saturated rings. The summed E-state index contributed by atoms with van der Waals surface area (Å²) in [5.41, 5.74) is 5.28. The van der Waals surface area contributed by atoms with Crippen molar-refractivity contribution in [3.63, 3.8) is 0 Å². The molecule has 4 nitrogen and oxygen atoms in total. The van der Waals surface area contributed by atoms with Crippen molar-refractivity contribution >= 4 is 15.5 Å². The topological polar surface area (TPSA) is 63.4 Å². The predicted octanol–water partition coefficient (Wildman–Crippen LogP) is 1.52. The lowest BCUT2D eigenvalue weighted by molar-refractivity contribution is 0.321. The Morgan fingerprint density at radius 1 is 1.28 bits per heavy atom. The van der Waals surface area contributed by atoms with Crippen LogP contribution in [0.1, 0.15) is 13.8 Å². The maximum absolute atomic E-state index is 13.2. The van der Waals surface area contributed by atoms with E-state index >= 15 is 0 Å². The minimum Gasteiger partial charge on any atom is -0.396 e. The van der Waals surface area contributed by atoms with Gasteiger partial charge in [-0.15, -0.1) is 0 Å². The lowest BCUT2D eigenvalue weighted by atomic mass is 10.3. The zero-order chi connectivity index (χ0) is 13.8. The second-order valence-electron chi connectivity index (χ2n) is 4.03. The molecule has 0 aliphatic heterocycles. The number of nitrogens with zero attached hydrogens (tertiary/aromatic N) is 1. The molecule has 0 aromatic heterocycles. The molecule has 0 spiro atoms. The molecular weight excluding hydrogens is 255 g/mol. The Kier molecular flexibility index (Phi) is 5.10. The van der Waals surface area contributed by atoms with Crippen LogP contribution in [-0.4, -0.2) is 38.7 Å². The van der Waals surface area contributed by atoms with Crippen LogP contribution in [0.5, 0.6) is 0 Å². The highest BCUT2D eigenvalue weighted by molar-refractivity contribution is 7.91. The van der Waals surface area contributed by atoms with E-state index in [1.807, 2.05) is 18.7 Å². The predicted molar refractivity (Wildman–Crippen MR) is 70.7 cm³/mol. The fourth-order valence-electron chi connectivity index (χ4n) is 1.61. The number of nitrogens with two attached hydrogens (primary N) is 1. The molecule has 18 heavy (non-hydrogen) atoms. The van der Waals surface area contributed by atoms with Gasteiger partial charge in [0, 0.05) is 6.54 Å². The van der Waals surface area contributed by atoms with Gasteiger partial charge in [-0.1, -0.05) is 13.8 Å². The van der Waals surface area contributed by atoms with E-state index in [1.54, 1.807) is 0 Å². The molecule has 6 heteroatoms. The van der Waals surface area contributed by atoms with E-state index in [0.717, 1.165) is 19.2 Å². The Morgan fingerprint density at radius 2 is 1.89 bits per heavy atom. The molecular formula is C12H19FN2O2S. The summed E-state index contributed by atoms with van der Waals surface area (Å²) in [5, 5.41) is 0. The molecule has 0 amide bonds. The zero-order valence-electron chi connectivity index (χ0n) is 10.7. The number of sulfone groups is 1. The Hall–Kier alpha value is -1.14. The zero-order valence-corrected chi connectivity index (χ0v) is 11.5. The van der Waals surface area contributed by atoms with Gasteiger partial charge in [-0.2, -0.15) is 0 Å². The first kappa shape index (κ1) is 14.9. The summed E-state index contributed by atoms with van der Waals surface area (Å²) in [6.45, 7) is 5.98. The highest BCUT2D eigenvalue weighted by Gasteiger charge is 2.17. The molecule has 1 rings (SSSR count). The van der Waals surface area contributed by atoms with Gasteiger partial charge in [0.05, 0.1) is 16.3 Å². The van der Waals surface area contributed by atoms with Gasteiger partial charge < -0.3 is 10.6 Å². The van der Waals surface area contributed by atoms with Crippen molar-refractivity contribution in [2.24, 2.45) is 0 Å². The summed E-state index contributed by atoms with van der Waals surface area (Å²) >= 11 is 0. The van der Waals surface area contributed by atoms with E-state index in [4.69, 9.17) is 5.73 Å². The van der Waals surface area contributed by atoms with Crippen molar-refractivity contribution in [3.05, 3.63) is 24.0 Å². The summed E-state index contributed by atoms with van der Waals surface area (Å²) < 4.78 is 37.2. The summed E-state index contributed by atoms with van der Waals surface area (Å²) in [7, 11) is -3.45. The Labute approximate surface area is 108 Å². The lowest BCUT2D eigenvalue weighted by Gasteiger charge is -2.17. The summed E-state index contributed by atoms with van der Waals surface area (Å²) in [6.07, 6.45) is 0. The van der Waals surface area contributed by atoms with Crippen LogP contribution in [-0.2, 0) is 9.84 Å². The van der Waals surface area contributed by atoms with Crippen LogP contribution in [0.4, 0.5) is 10.1 Å². The van der Waals surface area contributed by atoms with Gasteiger partial charge in [-0.25, -0.2) is 12.8 Å². The van der Waals surface area contributed by atoms with Crippen LogP contribution < -0.4 is 5.73 Å². The number of hydrogen-bond donors (Lipinski definition) is 1. The van der Waals surface area contributed by atoms with Crippen molar-refractivity contribution < 1.29 is 12.8 Å². The first-order valence-corrected chi connectivity index (χ1v) is 7.56. The first-order chi connectivity index (χ1) is 8.40. The Morgan fingerprint density at radius 3 is 2.39 bits per heavy atom. The average Bonchev–Trinajstić information content (AvgIpc) is 2.33. The van der Waals surface area contributed by atoms with Gasteiger partial charge in [0.1, 0.15) is 5.82 Å². The van der Waals surface area contributed by atoms with E-state index in [0.29, 0.717) is 6.54 Å². The third-order valence-corrected chi connectivity index (χ3v) is 4.59. The first-order valence-electron chi connectivity index (χ1n) is 5.90. The molecule has 0 bridgehead atoms. The summed E-state index contributed by atoms with van der Waals surface area (Å²) in [6, 6.07) is 3.60. The molecule has 0 atom stereocenters. The van der Waals surface area contributed by atoms with E-state index in [-0.39, 0.29) is 16.3 Å². The van der Waals surface area contributed by atoms with Gasteiger partial charge in [-0.05, 0) is 31.3 Å². The lowest BCUT2D eigenvalue weighted by Crippen LogP contribution is -2.29. The van der Waals surface area contributed by atoms with E-state index < -0.39 is 15.7 Å². The maximum Gasteiger partial charge on any atom is 0.179 e. The molecule has 0 saturated heterocycles. The van der Waals surface area contributed by atoms with Crippen LogP contribution in [0.3, 0.4) is 0 Å². The molecule has 0 saturated carbocycles. The molecule has 1 aromatic carbocycles. The van der Waals surface area contributed by atoms with E-state index in [1.165, 1.54) is 12.1 Å². The third kappa shape index (κ3) is 3.68. The second-order valence-corrected chi connectivity index (χ2v) is 6.14. The second kappa shape index (κ2) is 6.15. The monoisotopic (exact) mass is 274 g/mol. The minimum atomic E-state index is -3.45. The third-order valence-electron chi connectivity index (χ3n) is 2.90. The average molecular weight is 274 g/mol. The number of hydrogen-bond acceptors (Lipinski definition) is 4. The van der Waals surface area contributed by atoms with Crippen LogP contribution in [0.15, 0.2) is 23.1 Å². The fraction of sp³-hybridized carbons (Fsp3) is 0.500. The standard InChI is InChI=1S/C12H19FN2O2S/c1-3-15(4-2)7-8-18(16,17)10-5-6-12(14)11(13)9-10/h5-6,9H,3-4,7-8,14H2,1-2H3. The smallest absolute Gasteiger partial charge is 0.179 e. The molecule has 1 aromatic rings. The molecule has 0 aliphatic rings. The van der Waals surface area contributed by atoms with Crippen molar-refractivity contribution in [1.82, 2.24) is 4.90 Å². The SMILES string of the molecule is CCN(CC)CCS(=O)(=O)c1ccc(N)c(F)c1.